The molecule has 0 bridgehead atoms. The molecule has 3 aliphatic heterocycles. The maximum Gasteiger partial charge on any atom is 0.364 e. The standard InChI is InChI=1S/C31H53NO24/c1-9-18(42)21(45)22(46)28(50-9)53-24(13(40)6-34)25(14(41)7-35)54-29-23(47)27(20(44)16(8-36)52-29)56-31(30(48)49)4-15(51-11(3)38)17(32-10(2)37)26(55-31)19(43)12(39)5-33/h9,12-29,33-36,39-47H,4-8H2,1-3H3,(H,32,37)(H,48,49)/t9-,12+,13-,14+,15-,16+,17+,18+,19+,20-,21+,22-,23+,24+,25+,26+,27-,28-,29-,31-/m0/s1. The van der Waals surface area contributed by atoms with Crippen molar-refractivity contribution in [2.24, 2.45) is 0 Å². The molecule has 0 aromatic heterocycles. The number of ether oxygens (including phenoxy) is 7. The van der Waals surface area contributed by atoms with E-state index in [0.717, 1.165) is 13.8 Å². The van der Waals surface area contributed by atoms with Crippen molar-refractivity contribution < 1.29 is 119 Å². The van der Waals surface area contributed by atoms with E-state index < -0.39 is 173 Å². The Balaban J connectivity index is 2.06. The Labute approximate surface area is 318 Å². The van der Waals surface area contributed by atoms with E-state index in [1.165, 1.54) is 6.92 Å². The van der Waals surface area contributed by atoms with Crippen LogP contribution in [0.2, 0.25) is 0 Å². The number of carboxylic acids is 1. The van der Waals surface area contributed by atoms with Crippen LogP contribution in [0.4, 0.5) is 0 Å². The lowest BCUT2D eigenvalue weighted by atomic mass is 9.87. The Morgan fingerprint density at radius 2 is 1.30 bits per heavy atom. The number of esters is 1. The summed E-state index contributed by atoms with van der Waals surface area (Å²) in [4.78, 5) is 37.2. The number of carbonyl (C=O) groups is 3. The van der Waals surface area contributed by atoms with E-state index in [1.54, 1.807) is 0 Å². The highest BCUT2D eigenvalue weighted by Gasteiger charge is 2.61. The van der Waals surface area contributed by atoms with Crippen molar-refractivity contribution >= 4 is 17.8 Å². The minimum absolute atomic E-state index is 0.808. The Morgan fingerprint density at radius 3 is 1.77 bits per heavy atom. The quantitative estimate of drug-likeness (QED) is 0.0571. The second-order valence-electron chi connectivity index (χ2n) is 13.6. The van der Waals surface area contributed by atoms with Crippen molar-refractivity contribution in [1.82, 2.24) is 5.32 Å². The number of amides is 1. The van der Waals surface area contributed by atoms with Crippen LogP contribution in [0, 0.1) is 0 Å². The lowest BCUT2D eigenvalue weighted by molar-refractivity contribution is -0.382. The summed E-state index contributed by atoms with van der Waals surface area (Å²) < 4.78 is 38.7. The number of carbonyl (C=O) groups excluding carboxylic acids is 2. The largest absolute Gasteiger partial charge is 0.477 e. The minimum Gasteiger partial charge on any atom is -0.477 e. The first-order chi connectivity index (χ1) is 26.2. The first-order valence-electron chi connectivity index (χ1n) is 17.4. The number of hydrogen-bond donors (Lipinski definition) is 15. The van der Waals surface area contributed by atoms with Gasteiger partial charge >= 0.3 is 11.9 Å². The number of hydrogen-bond acceptors (Lipinski definition) is 23. The molecule has 3 aliphatic rings. The fraction of sp³-hybridized carbons (Fsp3) is 0.903. The van der Waals surface area contributed by atoms with Gasteiger partial charge in [-0.15, -0.1) is 0 Å². The molecule has 0 spiro atoms. The molecule has 0 saturated carbocycles. The molecule has 25 nitrogen and oxygen atoms in total. The molecule has 0 aromatic rings. The van der Waals surface area contributed by atoms with Gasteiger partial charge in [0, 0.05) is 13.8 Å². The van der Waals surface area contributed by atoms with E-state index in [1.807, 2.05) is 0 Å². The fourth-order valence-corrected chi connectivity index (χ4v) is 6.50. The van der Waals surface area contributed by atoms with Gasteiger partial charge in [0.25, 0.3) is 5.79 Å². The van der Waals surface area contributed by atoms with Crippen molar-refractivity contribution in [3.8, 4) is 0 Å². The van der Waals surface area contributed by atoms with Gasteiger partial charge in [0.1, 0.15) is 91.6 Å². The second kappa shape index (κ2) is 20.6. The fourth-order valence-electron chi connectivity index (χ4n) is 6.50. The van der Waals surface area contributed by atoms with E-state index in [4.69, 9.17) is 33.2 Å². The number of aliphatic hydroxyl groups excluding tert-OH is 13. The number of nitrogens with one attached hydrogen (secondary N) is 1. The summed E-state index contributed by atoms with van der Waals surface area (Å²) >= 11 is 0. The highest BCUT2D eigenvalue weighted by atomic mass is 16.8. The van der Waals surface area contributed by atoms with E-state index >= 15 is 0 Å². The van der Waals surface area contributed by atoms with Gasteiger partial charge in [-0.05, 0) is 6.92 Å². The lowest BCUT2D eigenvalue weighted by Crippen LogP contribution is -2.71. The van der Waals surface area contributed by atoms with E-state index in [-0.39, 0.29) is 0 Å². The number of aliphatic hydroxyl groups is 13. The summed E-state index contributed by atoms with van der Waals surface area (Å²) in [7, 11) is 0. The molecule has 20 atom stereocenters. The molecule has 3 rings (SSSR count). The van der Waals surface area contributed by atoms with Crippen LogP contribution in [0.3, 0.4) is 0 Å². The summed E-state index contributed by atoms with van der Waals surface area (Å²) in [5.74, 6) is -7.08. The summed E-state index contributed by atoms with van der Waals surface area (Å²) in [6, 6.07) is -1.61. The lowest BCUT2D eigenvalue weighted by Gasteiger charge is -2.50. The first-order valence-corrected chi connectivity index (χ1v) is 17.4. The summed E-state index contributed by atoms with van der Waals surface area (Å²) in [6.07, 6.45) is -37.0. The Bertz CT molecular complexity index is 1280. The zero-order chi connectivity index (χ0) is 42.4. The molecule has 0 aliphatic carbocycles. The van der Waals surface area contributed by atoms with Crippen LogP contribution in [0.25, 0.3) is 0 Å². The van der Waals surface area contributed by atoms with Crippen molar-refractivity contribution in [3.05, 3.63) is 0 Å². The third-order valence-electron chi connectivity index (χ3n) is 9.48. The first kappa shape index (κ1) is 48.0. The zero-order valence-electron chi connectivity index (χ0n) is 30.3. The van der Waals surface area contributed by atoms with Crippen LogP contribution in [0.15, 0.2) is 0 Å². The molecule has 0 aromatic carbocycles. The van der Waals surface area contributed by atoms with E-state index in [2.05, 4.69) is 5.32 Å². The van der Waals surface area contributed by atoms with Crippen LogP contribution in [-0.2, 0) is 47.5 Å². The van der Waals surface area contributed by atoms with Crippen LogP contribution in [-0.4, -0.2) is 238 Å². The summed E-state index contributed by atoms with van der Waals surface area (Å²) in [5.41, 5.74) is 0. The van der Waals surface area contributed by atoms with Gasteiger partial charge in [-0.3, -0.25) is 9.59 Å². The predicted octanol–water partition coefficient (Wildman–Crippen LogP) is -9.16. The predicted molar refractivity (Wildman–Crippen MR) is 173 cm³/mol. The molecule has 25 heteroatoms. The highest BCUT2D eigenvalue weighted by Crippen LogP contribution is 2.39. The monoisotopic (exact) mass is 823 g/mol. The number of carboxylic acid groups (broad SMARTS) is 1. The molecule has 1 amide bonds. The van der Waals surface area contributed by atoms with Gasteiger partial charge in [-0.25, -0.2) is 4.79 Å². The Hall–Kier alpha value is -2.35. The third kappa shape index (κ3) is 10.8. The molecule has 3 fully saturated rings. The molecule has 56 heavy (non-hydrogen) atoms. The van der Waals surface area contributed by atoms with E-state index in [0.29, 0.717) is 0 Å². The van der Waals surface area contributed by atoms with E-state index in [9.17, 15) is 85.9 Å². The summed E-state index contributed by atoms with van der Waals surface area (Å²) in [6.45, 7) is -1.36. The normalized spacial score (nSPS) is 39.8. The van der Waals surface area contributed by atoms with Crippen molar-refractivity contribution in [2.45, 2.75) is 149 Å². The van der Waals surface area contributed by atoms with Crippen molar-refractivity contribution in [3.63, 3.8) is 0 Å². The van der Waals surface area contributed by atoms with Gasteiger partial charge < -0.3 is 110 Å². The average molecular weight is 824 g/mol. The molecule has 0 unspecified atom stereocenters. The number of aliphatic carboxylic acids is 1. The van der Waals surface area contributed by atoms with Crippen LogP contribution >= 0.6 is 0 Å². The Kier molecular flexibility index (Phi) is 17.6. The third-order valence-corrected chi connectivity index (χ3v) is 9.48. The average Bonchev–Trinajstić information content (AvgIpc) is 3.15. The molecule has 326 valence electrons. The minimum atomic E-state index is -3.18. The maximum atomic E-state index is 13.0. The SMILES string of the molecule is CC(=O)N[C@H]1[C@H]([C@H](O)[C@H](O)CO)O[C@@](O[C@H]2[C@@H](O)[C@@H](CO)O[C@@H](O[C@@H]([C@H](O[C@@H]3O[C@@H](C)[C@@H](O)[C@@H](O)[C@@H]3O)[C@@H](O)CO)[C@H](O)CO)[C@@H]2O)(C(=O)O)C[C@@H]1OC(C)=O. The Morgan fingerprint density at radius 1 is 0.768 bits per heavy atom. The van der Waals surface area contributed by atoms with Crippen LogP contribution < -0.4 is 5.32 Å². The van der Waals surface area contributed by atoms with Gasteiger partial charge in [-0.2, -0.15) is 0 Å². The topological polar surface area (TPSA) is 411 Å². The van der Waals surface area contributed by atoms with Crippen molar-refractivity contribution in [1.29, 1.82) is 0 Å². The molecule has 15 N–H and O–H groups in total. The van der Waals surface area contributed by atoms with Crippen LogP contribution in [0.5, 0.6) is 0 Å². The van der Waals surface area contributed by atoms with Gasteiger partial charge in [0.2, 0.25) is 5.91 Å². The second-order valence-corrected chi connectivity index (χ2v) is 13.6. The molecule has 3 saturated heterocycles. The number of rotatable bonds is 18. The van der Waals surface area contributed by atoms with Crippen molar-refractivity contribution in [2.75, 3.05) is 26.4 Å². The maximum absolute atomic E-state index is 13.0. The molecular formula is C31H53NO24. The molecular weight excluding hydrogens is 770 g/mol. The van der Waals surface area contributed by atoms with Gasteiger partial charge in [-0.1, -0.05) is 0 Å². The van der Waals surface area contributed by atoms with Crippen LogP contribution in [0.1, 0.15) is 27.2 Å². The van der Waals surface area contributed by atoms with Gasteiger partial charge in [0.05, 0.1) is 45.0 Å². The van der Waals surface area contributed by atoms with Gasteiger partial charge in [0.15, 0.2) is 12.6 Å². The zero-order valence-corrected chi connectivity index (χ0v) is 30.3. The highest BCUT2D eigenvalue weighted by molar-refractivity contribution is 5.77. The smallest absolute Gasteiger partial charge is 0.364 e. The molecule has 3 heterocycles. The summed E-state index contributed by atoms with van der Waals surface area (Å²) in [5, 5.41) is 148. The molecule has 0 radical (unpaired) electrons.